The summed E-state index contributed by atoms with van der Waals surface area (Å²) in [5.74, 6) is -1.01. The molecule has 0 spiro atoms. The van der Waals surface area contributed by atoms with Crippen molar-refractivity contribution < 1.29 is 27.5 Å². The zero-order valence-corrected chi connectivity index (χ0v) is 16.8. The predicted molar refractivity (Wildman–Crippen MR) is 99.1 cm³/mol. The Hall–Kier alpha value is -2.13. The molecule has 0 aromatic heterocycles. The van der Waals surface area contributed by atoms with Crippen molar-refractivity contribution in [2.45, 2.75) is 49.6 Å². The first-order valence-electron chi connectivity index (χ1n) is 8.78. The Morgan fingerprint density at radius 3 is 2.41 bits per heavy atom. The van der Waals surface area contributed by atoms with Gasteiger partial charge in [0.25, 0.3) is 5.91 Å². The lowest BCUT2D eigenvalue weighted by Crippen LogP contribution is -2.40. The average Bonchev–Trinajstić information content (AvgIpc) is 3.13. The molecule has 150 valence electrons. The molecule has 0 heterocycles. The van der Waals surface area contributed by atoms with Gasteiger partial charge < -0.3 is 14.8 Å². The fourth-order valence-corrected chi connectivity index (χ4v) is 3.95. The van der Waals surface area contributed by atoms with Crippen LogP contribution in [0.5, 0.6) is 5.75 Å². The van der Waals surface area contributed by atoms with Crippen molar-refractivity contribution in [3.8, 4) is 5.75 Å². The van der Waals surface area contributed by atoms with Crippen LogP contribution in [-0.2, 0) is 19.6 Å². The summed E-state index contributed by atoms with van der Waals surface area (Å²) in [5, 5.41) is 2.87. The molecular weight excluding hydrogens is 372 g/mol. The fourth-order valence-electron chi connectivity index (χ4n) is 2.87. The van der Waals surface area contributed by atoms with Crippen molar-refractivity contribution >= 4 is 21.9 Å². The van der Waals surface area contributed by atoms with Gasteiger partial charge in [-0.1, -0.05) is 12.8 Å². The van der Waals surface area contributed by atoms with Crippen molar-refractivity contribution in [3.63, 3.8) is 0 Å². The highest BCUT2D eigenvalue weighted by Gasteiger charge is 2.26. The van der Waals surface area contributed by atoms with Crippen LogP contribution in [0.25, 0.3) is 0 Å². The molecule has 0 bridgehead atoms. The Labute approximate surface area is 159 Å². The van der Waals surface area contributed by atoms with Crippen molar-refractivity contribution in [2.24, 2.45) is 0 Å². The minimum Gasteiger partial charge on any atom is -0.495 e. The van der Waals surface area contributed by atoms with Crippen LogP contribution in [-0.4, -0.2) is 58.0 Å². The van der Waals surface area contributed by atoms with Crippen molar-refractivity contribution in [2.75, 3.05) is 21.2 Å². The first kappa shape index (κ1) is 21.2. The molecule has 1 N–H and O–H groups in total. The molecule has 8 nitrogen and oxygen atoms in total. The lowest BCUT2D eigenvalue weighted by Gasteiger charge is -2.18. The Morgan fingerprint density at radius 1 is 1.22 bits per heavy atom. The molecule has 9 heteroatoms. The van der Waals surface area contributed by atoms with Crippen LogP contribution in [0.15, 0.2) is 23.1 Å². The minimum absolute atomic E-state index is 0.0248. The number of sulfonamides is 1. The number of esters is 1. The Bertz CT molecular complexity index is 800. The molecule has 1 aromatic carbocycles. The summed E-state index contributed by atoms with van der Waals surface area (Å²) in [6, 6.07) is 4.10. The minimum atomic E-state index is -3.81. The third kappa shape index (κ3) is 4.98. The van der Waals surface area contributed by atoms with Crippen LogP contribution >= 0.6 is 0 Å². The largest absolute Gasteiger partial charge is 0.495 e. The number of ether oxygens (including phenoxy) is 2. The number of benzene rings is 1. The van der Waals surface area contributed by atoms with E-state index >= 15 is 0 Å². The average molecular weight is 398 g/mol. The van der Waals surface area contributed by atoms with E-state index in [-0.39, 0.29) is 28.2 Å². The van der Waals surface area contributed by atoms with Crippen LogP contribution in [0, 0.1) is 0 Å². The Kier molecular flexibility index (Phi) is 6.83. The summed E-state index contributed by atoms with van der Waals surface area (Å²) in [7, 11) is 0.298. The maximum absolute atomic E-state index is 12.4. The molecule has 1 aliphatic rings. The number of rotatable bonds is 7. The van der Waals surface area contributed by atoms with Crippen LogP contribution in [0.4, 0.5) is 0 Å². The fraction of sp³-hybridized carbons (Fsp3) is 0.556. The van der Waals surface area contributed by atoms with Crippen LogP contribution in [0.3, 0.4) is 0 Å². The summed E-state index contributed by atoms with van der Waals surface area (Å²) < 4.78 is 36.2. The van der Waals surface area contributed by atoms with Gasteiger partial charge >= 0.3 is 5.97 Å². The standard InChI is InChI=1S/C18H26N2O6S/c1-12(17(21)19-14-7-5-6-8-14)26-18(22)13-9-10-15(25-4)16(11-13)27(23,24)20(2)3/h9-12,14H,5-8H2,1-4H3,(H,19,21)/t12-/m1/s1. The number of carbonyl (C=O) groups excluding carboxylic acids is 2. The molecule has 1 fully saturated rings. The van der Waals surface area contributed by atoms with Gasteiger partial charge in [0.05, 0.1) is 12.7 Å². The molecule has 1 aliphatic carbocycles. The zero-order valence-electron chi connectivity index (χ0n) is 16.0. The third-order valence-corrected chi connectivity index (χ3v) is 6.35. The lowest BCUT2D eigenvalue weighted by molar-refractivity contribution is -0.129. The van der Waals surface area contributed by atoms with Crippen molar-refractivity contribution in [1.82, 2.24) is 9.62 Å². The van der Waals surface area contributed by atoms with E-state index in [1.165, 1.54) is 46.3 Å². The maximum Gasteiger partial charge on any atom is 0.338 e. The first-order valence-corrected chi connectivity index (χ1v) is 10.2. The summed E-state index contributed by atoms with van der Waals surface area (Å²) in [6.07, 6.45) is 3.03. The molecular formula is C18H26N2O6S. The summed E-state index contributed by atoms with van der Waals surface area (Å²) >= 11 is 0. The number of hydrogen-bond acceptors (Lipinski definition) is 6. The quantitative estimate of drug-likeness (QED) is 0.699. The number of carbonyl (C=O) groups is 2. The number of nitrogens with zero attached hydrogens (tertiary/aromatic N) is 1. The molecule has 2 rings (SSSR count). The van der Waals surface area contributed by atoms with Crippen LogP contribution in [0.1, 0.15) is 43.0 Å². The van der Waals surface area contributed by atoms with Gasteiger partial charge in [-0.15, -0.1) is 0 Å². The van der Waals surface area contributed by atoms with Gasteiger partial charge in [0.2, 0.25) is 10.0 Å². The zero-order chi connectivity index (χ0) is 20.2. The molecule has 1 aromatic rings. The molecule has 1 atom stereocenters. The van der Waals surface area contributed by atoms with E-state index in [9.17, 15) is 18.0 Å². The summed E-state index contributed by atoms with van der Waals surface area (Å²) in [5.41, 5.74) is 0.0248. The maximum atomic E-state index is 12.4. The Morgan fingerprint density at radius 2 is 1.85 bits per heavy atom. The number of methoxy groups -OCH3 is 1. The van der Waals surface area contributed by atoms with Crippen molar-refractivity contribution in [3.05, 3.63) is 23.8 Å². The molecule has 0 radical (unpaired) electrons. The molecule has 0 aliphatic heterocycles. The highest BCUT2D eigenvalue weighted by molar-refractivity contribution is 7.89. The topological polar surface area (TPSA) is 102 Å². The predicted octanol–water partition coefficient (Wildman–Crippen LogP) is 1.55. The first-order chi connectivity index (χ1) is 12.7. The number of hydrogen-bond donors (Lipinski definition) is 1. The van der Waals surface area contributed by atoms with E-state index in [1.54, 1.807) is 0 Å². The second-order valence-electron chi connectivity index (χ2n) is 6.69. The normalized spacial score (nSPS) is 16.2. The third-order valence-electron chi connectivity index (χ3n) is 4.51. The highest BCUT2D eigenvalue weighted by Crippen LogP contribution is 2.27. The van der Waals surface area contributed by atoms with E-state index in [0.29, 0.717) is 0 Å². The second-order valence-corrected chi connectivity index (χ2v) is 8.81. The Balaban J connectivity index is 2.15. The molecule has 1 amide bonds. The van der Waals surface area contributed by atoms with E-state index in [0.717, 1.165) is 30.0 Å². The second kappa shape index (κ2) is 8.71. The van der Waals surface area contributed by atoms with Gasteiger partial charge in [-0.2, -0.15) is 0 Å². The molecule has 1 saturated carbocycles. The molecule has 0 unspecified atom stereocenters. The van der Waals surface area contributed by atoms with Crippen molar-refractivity contribution in [1.29, 1.82) is 0 Å². The van der Waals surface area contributed by atoms with Gasteiger partial charge in [0, 0.05) is 20.1 Å². The van der Waals surface area contributed by atoms with E-state index in [1.807, 2.05) is 0 Å². The monoisotopic (exact) mass is 398 g/mol. The number of nitrogens with one attached hydrogen (secondary N) is 1. The van der Waals surface area contributed by atoms with Crippen LogP contribution < -0.4 is 10.1 Å². The highest BCUT2D eigenvalue weighted by atomic mass is 32.2. The van der Waals surface area contributed by atoms with E-state index < -0.39 is 22.1 Å². The lowest BCUT2D eigenvalue weighted by atomic mass is 10.2. The molecule has 27 heavy (non-hydrogen) atoms. The van der Waals surface area contributed by atoms with Gasteiger partial charge in [-0.3, -0.25) is 4.79 Å². The van der Waals surface area contributed by atoms with Gasteiger partial charge in [-0.05, 0) is 38.0 Å². The van der Waals surface area contributed by atoms with E-state index in [4.69, 9.17) is 9.47 Å². The van der Waals surface area contributed by atoms with Gasteiger partial charge in [-0.25, -0.2) is 17.5 Å². The SMILES string of the molecule is COc1ccc(C(=O)O[C@H](C)C(=O)NC2CCCC2)cc1S(=O)(=O)N(C)C. The van der Waals surface area contributed by atoms with Gasteiger partial charge in [0.15, 0.2) is 6.10 Å². The van der Waals surface area contributed by atoms with E-state index in [2.05, 4.69) is 5.32 Å². The van der Waals surface area contributed by atoms with Crippen LogP contribution in [0.2, 0.25) is 0 Å². The van der Waals surface area contributed by atoms with Gasteiger partial charge in [0.1, 0.15) is 10.6 Å². The molecule has 0 saturated heterocycles. The smallest absolute Gasteiger partial charge is 0.338 e. The number of amides is 1. The summed E-state index contributed by atoms with van der Waals surface area (Å²) in [6.45, 7) is 1.49. The summed E-state index contributed by atoms with van der Waals surface area (Å²) in [4.78, 5) is 24.4.